The van der Waals surface area contributed by atoms with E-state index < -0.39 is 0 Å². The topological polar surface area (TPSA) is 56.7 Å². The van der Waals surface area contributed by atoms with Crippen LogP contribution in [0.1, 0.15) is 42.6 Å². The lowest BCUT2D eigenvalue weighted by Gasteiger charge is -2.40. The molecule has 0 radical (unpaired) electrons. The number of aromatic nitrogens is 1. The number of hydrogen-bond acceptors (Lipinski definition) is 4. The number of carbonyl (C=O) groups excluding carboxylic acids is 1. The molecule has 0 atom stereocenters. The van der Waals surface area contributed by atoms with Crippen LogP contribution in [0.4, 0.5) is 0 Å². The Kier molecular flexibility index (Phi) is 4.39. The van der Waals surface area contributed by atoms with E-state index in [1.54, 1.807) is 12.3 Å². The third kappa shape index (κ3) is 3.18. The summed E-state index contributed by atoms with van der Waals surface area (Å²) in [4.78, 5) is 20.8. The predicted molar refractivity (Wildman–Crippen MR) is 80.3 cm³/mol. The molecule has 2 aliphatic heterocycles. The summed E-state index contributed by atoms with van der Waals surface area (Å²) in [5.41, 5.74) is 0.175. The van der Waals surface area contributed by atoms with Gasteiger partial charge in [-0.3, -0.25) is 4.79 Å². The van der Waals surface area contributed by atoms with Gasteiger partial charge in [-0.2, -0.15) is 0 Å². The summed E-state index contributed by atoms with van der Waals surface area (Å²) >= 11 is 0. The zero-order chi connectivity index (χ0) is 14.7. The van der Waals surface area contributed by atoms with E-state index in [-0.39, 0.29) is 17.4 Å². The third-order valence-electron chi connectivity index (χ3n) is 4.65. The highest BCUT2D eigenvalue weighted by Crippen LogP contribution is 2.23. The second-order valence-electron chi connectivity index (χ2n) is 5.99. The maximum atomic E-state index is 12.4. The van der Waals surface area contributed by atoms with Gasteiger partial charge < -0.3 is 14.9 Å². The molecule has 5 heteroatoms. The number of amides is 1. The Bertz CT molecular complexity index is 492. The fourth-order valence-corrected chi connectivity index (χ4v) is 3.43. The van der Waals surface area contributed by atoms with Gasteiger partial charge in [0.25, 0.3) is 5.91 Å². The van der Waals surface area contributed by atoms with Gasteiger partial charge >= 0.3 is 0 Å². The fraction of sp³-hybridized carbons (Fsp3) is 0.625. The Balaban J connectivity index is 1.58. The summed E-state index contributed by atoms with van der Waals surface area (Å²) in [6.07, 6.45) is 7.57. The van der Waals surface area contributed by atoms with Crippen LogP contribution in [0, 0.1) is 0 Å². The van der Waals surface area contributed by atoms with Crippen molar-refractivity contribution in [1.29, 1.82) is 0 Å². The molecular weight excluding hydrogens is 266 g/mol. The maximum absolute atomic E-state index is 12.4. The first-order valence-corrected chi connectivity index (χ1v) is 7.93. The van der Waals surface area contributed by atoms with Gasteiger partial charge in [0.05, 0.1) is 0 Å². The summed E-state index contributed by atoms with van der Waals surface area (Å²) in [5.74, 6) is -0.175. The lowest BCUT2D eigenvalue weighted by Crippen LogP contribution is -2.48. The fourth-order valence-electron chi connectivity index (χ4n) is 3.43. The molecule has 2 aliphatic rings. The summed E-state index contributed by atoms with van der Waals surface area (Å²) in [5, 5.41) is 9.75. The van der Waals surface area contributed by atoms with Crippen LogP contribution in [-0.4, -0.2) is 58.0 Å². The standard InChI is InChI=1S/C16H23N3O2/c20-14-5-4-8-17-15(14)16(21)19-11-6-13(7-12-19)18-9-2-1-3-10-18/h4-5,8,13,20H,1-3,6-7,9-12H2. The van der Waals surface area contributed by atoms with Crippen LogP contribution in [0.5, 0.6) is 5.75 Å². The van der Waals surface area contributed by atoms with E-state index in [1.807, 2.05) is 4.90 Å². The predicted octanol–water partition coefficient (Wildman–Crippen LogP) is 1.88. The van der Waals surface area contributed by atoms with Crippen LogP contribution < -0.4 is 0 Å². The van der Waals surface area contributed by atoms with Crippen molar-refractivity contribution in [3.8, 4) is 5.75 Å². The molecular formula is C16H23N3O2. The van der Waals surface area contributed by atoms with Crippen molar-refractivity contribution >= 4 is 5.91 Å². The molecule has 114 valence electrons. The van der Waals surface area contributed by atoms with Crippen LogP contribution in [0.3, 0.4) is 0 Å². The van der Waals surface area contributed by atoms with Crippen molar-refractivity contribution in [2.75, 3.05) is 26.2 Å². The van der Waals surface area contributed by atoms with Crippen LogP contribution in [0.25, 0.3) is 0 Å². The molecule has 0 bridgehead atoms. The van der Waals surface area contributed by atoms with Crippen LogP contribution in [0.15, 0.2) is 18.3 Å². The summed E-state index contributed by atoms with van der Waals surface area (Å²) in [6.45, 7) is 3.94. The quantitative estimate of drug-likeness (QED) is 0.903. The molecule has 0 aliphatic carbocycles. The van der Waals surface area contributed by atoms with Crippen molar-refractivity contribution < 1.29 is 9.90 Å². The summed E-state index contributed by atoms with van der Waals surface area (Å²) in [6, 6.07) is 3.77. The van der Waals surface area contributed by atoms with Crippen molar-refractivity contribution in [3.63, 3.8) is 0 Å². The Morgan fingerprint density at radius 3 is 2.52 bits per heavy atom. The van der Waals surface area contributed by atoms with Gasteiger partial charge in [-0.05, 0) is 50.9 Å². The first kappa shape index (κ1) is 14.3. The van der Waals surface area contributed by atoms with E-state index in [1.165, 1.54) is 38.4 Å². The SMILES string of the molecule is O=C(c1ncccc1O)N1CCC(N2CCCCC2)CC1. The summed E-state index contributed by atoms with van der Waals surface area (Å²) in [7, 11) is 0. The monoisotopic (exact) mass is 289 g/mol. The molecule has 3 rings (SSSR count). The zero-order valence-corrected chi connectivity index (χ0v) is 12.4. The van der Waals surface area contributed by atoms with E-state index in [0.29, 0.717) is 6.04 Å². The Hall–Kier alpha value is -1.62. The smallest absolute Gasteiger partial charge is 0.276 e. The van der Waals surface area contributed by atoms with E-state index >= 15 is 0 Å². The minimum atomic E-state index is -0.148. The molecule has 2 saturated heterocycles. The Morgan fingerprint density at radius 2 is 1.86 bits per heavy atom. The molecule has 0 aromatic carbocycles. The van der Waals surface area contributed by atoms with Gasteiger partial charge in [0.1, 0.15) is 5.75 Å². The van der Waals surface area contributed by atoms with Gasteiger partial charge in [0.15, 0.2) is 5.69 Å². The first-order chi connectivity index (χ1) is 10.3. The molecule has 3 heterocycles. The second-order valence-corrected chi connectivity index (χ2v) is 5.99. The lowest BCUT2D eigenvalue weighted by atomic mass is 9.99. The van der Waals surface area contributed by atoms with Gasteiger partial charge in [-0.1, -0.05) is 6.42 Å². The second kappa shape index (κ2) is 6.43. The van der Waals surface area contributed by atoms with Crippen LogP contribution >= 0.6 is 0 Å². The normalized spacial score (nSPS) is 21.4. The van der Waals surface area contributed by atoms with Gasteiger partial charge in [-0.15, -0.1) is 0 Å². The molecule has 1 aromatic heterocycles. The number of carbonyl (C=O) groups is 1. The van der Waals surface area contributed by atoms with E-state index in [2.05, 4.69) is 9.88 Å². The average Bonchev–Trinajstić information content (AvgIpc) is 2.56. The van der Waals surface area contributed by atoms with Crippen LogP contribution in [-0.2, 0) is 0 Å². The van der Waals surface area contributed by atoms with Crippen LogP contribution in [0.2, 0.25) is 0 Å². The molecule has 0 spiro atoms. The lowest BCUT2D eigenvalue weighted by molar-refractivity contribution is 0.0582. The molecule has 0 unspecified atom stereocenters. The molecule has 1 N–H and O–H groups in total. The van der Waals surface area contributed by atoms with E-state index in [0.717, 1.165) is 25.9 Å². The Labute approximate surface area is 125 Å². The highest BCUT2D eigenvalue weighted by molar-refractivity contribution is 5.94. The average molecular weight is 289 g/mol. The highest BCUT2D eigenvalue weighted by Gasteiger charge is 2.29. The van der Waals surface area contributed by atoms with Crippen molar-refractivity contribution in [2.45, 2.75) is 38.1 Å². The van der Waals surface area contributed by atoms with E-state index in [9.17, 15) is 9.90 Å². The van der Waals surface area contributed by atoms with Crippen molar-refractivity contribution in [2.24, 2.45) is 0 Å². The minimum absolute atomic E-state index is 0.0272. The van der Waals surface area contributed by atoms with E-state index in [4.69, 9.17) is 0 Å². The minimum Gasteiger partial charge on any atom is -0.505 e. The zero-order valence-electron chi connectivity index (χ0n) is 12.4. The van der Waals surface area contributed by atoms with Crippen molar-refractivity contribution in [3.05, 3.63) is 24.0 Å². The summed E-state index contributed by atoms with van der Waals surface area (Å²) < 4.78 is 0. The molecule has 21 heavy (non-hydrogen) atoms. The van der Waals surface area contributed by atoms with Crippen molar-refractivity contribution in [1.82, 2.24) is 14.8 Å². The largest absolute Gasteiger partial charge is 0.505 e. The number of hydrogen-bond donors (Lipinski definition) is 1. The number of likely N-dealkylation sites (tertiary alicyclic amines) is 2. The van der Waals surface area contributed by atoms with Gasteiger partial charge in [0.2, 0.25) is 0 Å². The number of pyridine rings is 1. The number of aromatic hydroxyl groups is 1. The van der Waals surface area contributed by atoms with Gasteiger partial charge in [-0.25, -0.2) is 4.98 Å². The van der Waals surface area contributed by atoms with Gasteiger partial charge in [0, 0.05) is 25.3 Å². The molecule has 5 nitrogen and oxygen atoms in total. The molecule has 2 fully saturated rings. The number of piperidine rings is 2. The first-order valence-electron chi connectivity index (χ1n) is 7.93. The maximum Gasteiger partial charge on any atom is 0.276 e. The molecule has 1 amide bonds. The molecule has 1 aromatic rings. The number of nitrogens with zero attached hydrogens (tertiary/aromatic N) is 3. The third-order valence-corrected chi connectivity index (χ3v) is 4.65. The number of rotatable bonds is 2. The Morgan fingerprint density at radius 1 is 1.14 bits per heavy atom. The molecule has 0 saturated carbocycles. The highest BCUT2D eigenvalue weighted by atomic mass is 16.3.